The molecular formula is C25H31ClN4O2. The fraction of sp³-hybridized carbons (Fsp3) is 0.480. The average molecular weight is 455 g/mol. The van der Waals surface area contributed by atoms with E-state index in [2.05, 4.69) is 43.6 Å². The van der Waals surface area contributed by atoms with E-state index in [-0.39, 0.29) is 5.91 Å². The minimum Gasteiger partial charge on any atom is -0.360 e. The Labute approximate surface area is 194 Å². The number of hydrogen-bond donors (Lipinski definition) is 0. The quantitative estimate of drug-likeness (QED) is 0.458. The van der Waals surface area contributed by atoms with E-state index in [1.54, 1.807) is 13.0 Å². The monoisotopic (exact) mass is 454 g/mol. The van der Waals surface area contributed by atoms with Crippen molar-refractivity contribution in [3.8, 4) is 11.3 Å². The number of piperidine rings is 1. The Hall–Kier alpha value is -2.60. The van der Waals surface area contributed by atoms with Crippen LogP contribution in [0.5, 0.6) is 0 Å². The number of rotatable bonds is 5. The molecule has 0 saturated carbocycles. The lowest BCUT2D eigenvalue weighted by atomic mass is 10.0. The van der Waals surface area contributed by atoms with Gasteiger partial charge in [-0.05, 0) is 43.7 Å². The van der Waals surface area contributed by atoms with Crippen molar-refractivity contribution in [3.05, 3.63) is 58.1 Å². The number of likely N-dealkylation sites (tertiary alicyclic amines) is 1. The molecule has 6 nitrogen and oxygen atoms in total. The lowest BCUT2D eigenvalue weighted by Crippen LogP contribution is -2.39. The molecule has 1 aromatic carbocycles. The molecule has 0 aliphatic carbocycles. The summed E-state index contributed by atoms with van der Waals surface area (Å²) in [4.78, 5) is 15.4. The Balaban J connectivity index is 1.54. The maximum absolute atomic E-state index is 13.5. The number of carbonyl (C=O) groups excluding carboxylic acids is 1. The van der Waals surface area contributed by atoms with Gasteiger partial charge in [-0.1, -0.05) is 62.7 Å². The Morgan fingerprint density at radius 1 is 1.12 bits per heavy atom. The molecule has 3 aromatic rings. The number of nitrogens with zero attached hydrogens (tertiary/aromatic N) is 4. The first-order valence-corrected chi connectivity index (χ1v) is 11.8. The van der Waals surface area contributed by atoms with Crippen molar-refractivity contribution in [2.75, 3.05) is 13.1 Å². The molecule has 4 rings (SSSR count). The van der Waals surface area contributed by atoms with Gasteiger partial charge < -0.3 is 9.42 Å². The number of hydrogen-bond acceptors (Lipinski definition) is 4. The van der Waals surface area contributed by atoms with Crippen LogP contribution in [0.25, 0.3) is 11.3 Å². The molecule has 2 aromatic heterocycles. The molecule has 3 heterocycles. The minimum atomic E-state index is -0.0514. The van der Waals surface area contributed by atoms with Crippen LogP contribution in [-0.4, -0.2) is 38.8 Å². The van der Waals surface area contributed by atoms with Crippen molar-refractivity contribution in [2.45, 2.75) is 65.3 Å². The van der Waals surface area contributed by atoms with E-state index in [0.29, 0.717) is 58.6 Å². The maximum atomic E-state index is 13.5. The van der Waals surface area contributed by atoms with E-state index in [1.807, 2.05) is 23.1 Å². The Morgan fingerprint density at radius 2 is 1.81 bits per heavy atom. The third kappa shape index (κ3) is 4.20. The third-order valence-electron chi connectivity index (χ3n) is 6.27. The first-order chi connectivity index (χ1) is 15.3. The highest BCUT2D eigenvalue weighted by molar-refractivity contribution is 6.33. The van der Waals surface area contributed by atoms with Crippen molar-refractivity contribution >= 4 is 17.5 Å². The van der Waals surface area contributed by atoms with E-state index in [0.717, 1.165) is 18.5 Å². The molecule has 32 heavy (non-hydrogen) atoms. The summed E-state index contributed by atoms with van der Waals surface area (Å²) in [6.45, 7) is 11.9. The van der Waals surface area contributed by atoms with Gasteiger partial charge in [0, 0.05) is 24.3 Å². The molecular weight excluding hydrogens is 424 g/mol. The fourth-order valence-corrected chi connectivity index (χ4v) is 4.59. The summed E-state index contributed by atoms with van der Waals surface area (Å²) in [5.41, 5.74) is 4.13. The van der Waals surface area contributed by atoms with Gasteiger partial charge in [-0.2, -0.15) is 5.10 Å². The molecule has 0 bridgehead atoms. The number of benzene rings is 1. The molecule has 1 amide bonds. The Morgan fingerprint density at radius 3 is 2.44 bits per heavy atom. The van der Waals surface area contributed by atoms with Gasteiger partial charge in [0.1, 0.15) is 17.0 Å². The standard InChI is InChI=1S/C25H31ClN4O2/c1-15(2)21-14-22(16(3)4)30(27-21)18-10-12-29(13-11-18)25(31)23-17(5)32-28-24(23)19-8-6-7-9-20(19)26/h6-9,14-16,18H,10-13H2,1-5H3. The average Bonchev–Trinajstić information content (AvgIpc) is 3.38. The summed E-state index contributed by atoms with van der Waals surface area (Å²) < 4.78 is 7.61. The second-order valence-corrected chi connectivity index (χ2v) is 9.62. The van der Waals surface area contributed by atoms with Gasteiger partial charge in [-0.25, -0.2) is 0 Å². The fourth-order valence-electron chi connectivity index (χ4n) is 4.37. The molecule has 0 unspecified atom stereocenters. The Bertz CT molecular complexity index is 1110. The first kappa shape index (κ1) is 22.6. The van der Waals surface area contributed by atoms with Crippen LogP contribution in [0.2, 0.25) is 5.02 Å². The number of amides is 1. The van der Waals surface area contributed by atoms with Gasteiger partial charge >= 0.3 is 0 Å². The highest BCUT2D eigenvalue weighted by Crippen LogP contribution is 2.34. The number of aromatic nitrogens is 3. The van der Waals surface area contributed by atoms with Crippen LogP contribution in [0.3, 0.4) is 0 Å². The predicted molar refractivity (Wildman–Crippen MR) is 126 cm³/mol. The highest BCUT2D eigenvalue weighted by Gasteiger charge is 2.31. The van der Waals surface area contributed by atoms with Gasteiger partial charge in [-0.3, -0.25) is 9.48 Å². The summed E-state index contributed by atoms with van der Waals surface area (Å²) in [5.74, 6) is 1.27. The summed E-state index contributed by atoms with van der Waals surface area (Å²) in [6, 6.07) is 9.94. The van der Waals surface area contributed by atoms with Crippen LogP contribution < -0.4 is 0 Å². The van der Waals surface area contributed by atoms with Crippen molar-refractivity contribution in [3.63, 3.8) is 0 Å². The highest BCUT2D eigenvalue weighted by atomic mass is 35.5. The lowest BCUT2D eigenvalue weighted by Gasteiger charge is -2.33. The second-order valence-electron chi connectivity index (χ2n) is 9.21. The van der Waals surface area contributed by atoms with Crippen molar-refractivity contribution in [2.24, 2.45) is 0 Å². The lowest BCUT2D eigenvalue weighted by molar-refractivity contribution is 0.0687. The third-order valence-corrected chi connectivity index (χ3v) is 6.60. The van der Waals surface area contributed by atoms with E-state index in [9.17, 15) is 4.79 Å². The van der Waals surface area contributed by atoms with Gasteiger partial charge in [0.25, 0.3) is 5.91 Å². The van der Waals surface area contributed by atoms with Gasteiger partial charge in [0.15, 0.2) is 0 Å². The zero-order valence-electron chi connectivity index (χ0n) is 19.4. The van der Waals surface area contributed by atoms with Crippen LogP contribution in [0.4, 0.5) is 0 Å². The summed E-state index contributed by atoms with van der Waals surface area (Å²) in [6.07, 6.45) is 1.74. The SMILES string of the molecule is Cc1onc(-c2ccccc2Cl)c1C(=O)N1CCC(n2nc(C(C)C)cc2C(C)C)CC1. The van der Waals surface area contributed by atoms with Crippen molar-refractivity contribution < 1.29 is 9.32 Å². The van der Waals surface area contributed by atoms with E-state index < -0.39 is 0 Å². The molecule has 1 fully saturated rings. The Kier molecular flexibility index (Phi) is 6.42. The van der Waals surface area contributed by atoms with Crippen LogP contribution in [-0.2, 0) is 0 Å². The van der Waals surface area contributed by atoms with Gasteiger partial charge in [-0.15, -0.1) is 0 Å². The van der Waals surface area contributed by atoms with Crippen LogP contribution in [0.1, 0.15) is 85.9 Å². The van der Waals surface area contributed by atoms with Crippen LogP contribution in [0.15, 0.2) is 34.9 Å². The molecule has 0 spiro atoms. The maximum Gasteiger partial charge on any atom is 0.259 e. The molecule has 1 aliphatic rings. The summed E-state index contributed by atoms with van der Waals surface area (Å²) >= 11 is 6.37. The minimum absolute atomic E-state index is 0.0514. The van der Waals surface area contributed by atoms with Crippen LogP contribution >= 0.6 is 11.6 Å². The second kappa shape index (κ2) is 9.10. The molecule has 7 heteroatoms. The molecule has 0 N–H and O–H groups in total. The van der Waals surface area contributed by atoms with Crippen molar-refractivity contribution in [1.29, 1.82) is 0 Å². The zero-order valence-corrected chi connectivity index (χ0v) is 20.2. The largest absolute Gasteiger partial charge is 0.360 e. The summed E-state index contributed by atoms with van der Waals surface area (Å²) in [5, 5.41) is 9.63. The van der Waals surface area contributed by atoms with E-state index in [4.69, 9.17) is 21.2 Å². The predicted octanol–water partition coefficient (Wildman–Crippen LogP) is 6.22. The normalized spacial score (nSPS) is 15.2. The number of aryl methyl sites for hydroxylation is 1. The molecule has 0 atom stereocenters. The van der Waals surface area contributed by atoms with E-state index >= 15 is 0 Å². The van der Waals surface area contributed by atoms with Gasteiger partial charge in [0.2, 0.25) is 0 Å². The summed E-state index contributed by atoms with van der Waals surface area (Å²) in [7, 11) is 0. The smallest absolute Gasteiger partial charge is 0.259 e. The van der Waals surface area contributed by atoms with E-state index in [1.165, 1.54) is 5.69 Å². The van der Waals surface area contributed by atoms with Gasteiger partial charge in [0.05, 0.1) is 16.8 Å². The first-order valence-electron chi connectivity index (χ1n) is 11.4. The number of carbonyl (C=O) groups is 1. The van der Waals surface area contributed by atoms with Crippen LogP contribution in [0, 0.1) is 6.92 Å². The number of halogens is 1. The topological polar surface area (TPSA) is 64.2 Å². The molecule has 1 saturated heterocycles. The van der Waals surface area contributed by atoms with Crippen molar-refractivity contribution in [1.82, 2.24) is 19.8 Å². The molecule has 1 aliphatic heterocycles. The zero-order chi connectivity index (χ0) is 23.0. The molecule has 170 valence electrons. The molecule has 0 radical (unpaired) electrons.